The summed E-state index contributed by atoms with van der Waals surface area (Å²) >= 11 is 1.07. The van der Waals surface area contributed by atoms with E-state index in [1.54, 1.807) is 0 Å². The molecule has 0 fully saturated rings. The third-order valence-electron chi connectivity index (χ3n) is 2.06. The second kappa shape index (κ2) is 6.96. The maximum Gasteiger partial charge on any atom is 0.306 e. The molecule has 1 amide bonds. The van der Waals surface area contributed by atoms with Gasteiger partial charge in [-0.2, -0.15) is 0 Å². The van der Waals surface area contributed by atoms with Crippen LogP contribution in [-0.2, 0) is 9.53 Å². The molecule has 1 aromatic carbocycles. The van der Waals surface area contributed by atoms with E-state index in [1.165, 1.54) is 7.11 Å². The van der Waals surface area contributed by atoms with Gasteiger partial charge in [-0.15, -0.1) is 0 Å². The number of amides is 1. The molecule has 1 rings (SSSR count). The van der Waals surface area contributed by atoms with Crippen LogP contribution in [0.1, 0.15) is 12.0 Å². The minimum Gasteiger partial charge on any atom is -0.469 e. The number of rotatable bonds is 4. The van der Waals surface area contributed by atoms with Crippen LogP contribution in [0, 0.1) is 6.92 Å². The van der Waals surface area contributed by atoms with E-state index in [1.807, 2.05) is 31.2 Å². The summed E-state index contributed by atoms with van der Waals surface area (Å²) in [6, 6.07) is 7.53. The number of methoxy groups -OCH3 is 1. The fraction of sp³-hybridized carbons (Fsp3) is 0.333. The second-order valence-electron chi connectivity index (χ2n) is 3.45. The smallest absolute Gasteiger partial charge is 0.306 e. The average molecular weight is 253 g/mol. The van der Waals surface area contributed by atoms with Crippen molar-refractivity contribution < 1.29 is 14.3 Å². The fourth-order valence-corrected chi connectivity index (χ4v) is 1.76. The van der Waals surface area contributed by atoms with Gasteiger partial charge in [-0.1, -0.05) is 29.5 Å². The predicted octanol–water partition coefficient (Wildman–Crippen LogP) is 2.82. The summed E-state index contributed by atoms with van der Waals surface area (Å²) in [7, 11) is 1.33. The van der Waals surface area contributed by atoms with E-state index in [-0.39, 0.29) is 17.6 Å². The summed E-state index contributed by atoms with van der Waals surface area (Å²) in [5, 5.41) is 2.56. The Kier molecular flexibility index (Phi) is 5.56. The molecule has 0 saturated carbocycles. The standard InChI is InChI=1S/C12H15NO3S/c1-9-3-5-10(6-4-9)13-12(15)17-8-7-11(14)16-2/h3-6H,7-8H2,1-2H3,(H,13,15). The van der Waals surface area contributed by atoms with Gasteiger partial charge in [0.25, 0.3) is 5.24 Å². The molecule has 0 saturated heterocycles. The summed E-state index contributed by atoms with van der Waals surface area (Å²) in [5.74, 6) is 0.116. The number of hydrogen-bond acceptors (Lipinski definition) is 4. The first-order valence-electron chi connectivity index (χ1n) is 5.19. The Bertz CT molecular complexity index is 389. The van der Waals surface area contributed by atoms with Crippen LogP contribution in [0.2, 0.25) is 0 Å². The first-order chi connectivity index (χ1) is 8.11. The Labute approximate surface area is 105 Å². The third kappa shape index (κ3) is 5.40. The van der Waals surface area contributed by atoms with Crippen LogP contribution < -0.4 is 5.32 Å². The van der Waals surface area contributed by atoms with Crippen molar-refractivity contribution in [3.8, 4) is 0 Å². The number of carbonyl (C=O) groups is 2. The molecule has 0 aliphatic carbocycles. The minimum absolute atomic E-state index is 0.169. The van der Waals surface area contributed by atoms with Crippen molar-refractivity contribution in [2.75, 3.05) is 18.2 Å². The van der Waals surface area contributed by atoms with Crippen LogP contribution in [-0.4, -0.2) is 24.1 Å². The lowest BCUT2D eigenvalue weighted by Gasteiger charge is -2.04. The van der Waals surface area contributed by atoms with Crippen LogP contribution in [0.15, 0.2) is 24.3 Å². The highest BCUT2D eigenvalue weighted by Gasteiger charge is 2.05. The van der Waals surface area contributed by atoms with Gasteiger partial charge in [0.1, 0.15) is 0 Å². The molecule has 17 heavy (non-hydrogen) atoms. The summed E-state index contributed by atoms with van der Waals surface area (Å²) in [5.41, 5.74) is 1.90. The maximum absolute atomic E-state index is 11.5. The van der Waals surface area contributed by atoms with Gasteiger partial charge in [0, 0.05) is 11.4 Å². The van der Waals surface area contributed by atoms with Crippen molar-refractivity contribution in [2.45, 2.75) is 13.3 Å². The van der Waals surface area contributed by atoms with Gasteiger partial charge in [-0.05, 0) is 19.1 Å². The number of esters is 1. The molecular weight excluding hydrogens is 238 g/mol. The molecule has 0 aliphatic rings. The van der Waals surface area contributed by atoms with Crippen molar-refractivity contribution in [3.05, 3.63) is 29.8 Å². The van der Waals surface area contributed by atoms with E-state index < -0.39 is 0 Å². The zero-order chi connectivity index (χ0) is 12.7. The van der Waals surface area contributed by atoms with Gasteiger partial charge in [0.15, 0.2) is 0 Å². The van der Waals surface area contributed by atoms with Gasteiger partial charge in [-0.3, -0.25) is 9.59 Å². The Balaban J connectivity index is 2.30. The largest absolute Gasteiger partial charge is 0.469 e. The predicted molar refractivity (Wildman–Crippen MR) is 69.3 cm³/mol. The van der Waals surface area contributed by atoms with Crippen LogP contribution in [0.4, 0.5) is 10.5 Å². The maximum atomic E-state index is 11.5. The summed E-state index contributed by atoms with van der Waals surface area (Å²) in [6.07, 6.45) is 0.239. The van der Waals surface area contributed by atoms with E-state index in [9.17, 15) is 9.59 Å². The molecule has 0 radical (unpaired) electrons. The molecule has 0 heterocycles. The Morgan fingerprint density at radius 3 is 2.53 bits per heavy atom. The first kappa shape index (κ1) is 13.6. The minimum atomic E-state index is -0.305. The lowest BCUT2D eigenvalue weighted by Crippen LogP contribution is -2.08. The molecule has 92 valence electrons. The zero-order valence-electron chi connectivity index (χ0n) is 9.86. The molecule has 5 heteroatoms. The van der Waals surface area contributed by atoms with Crippen molar-refractivity contribution in [3.63, 3.8) is 0 Å². The summed E-state index contributed by atoms with van der Waals surface area (Å²) in [4.78, 5) is 22.3. The number of aryl methyl sites for hydroxylation is 1. The molecule has 1 N–H and O–H groups in total. The van der Waals surface area contributed by atoms with Crippen molar-refractivity contribution in [1.29, 1.82) is 0 Å². The number of benzene rings is 1. The molecule has 0 unspecified atom stereocenters. The number of carbonyl (C=O) groups excluding carboxylic acids is 2. The first-order valence-corrected chi connectivity index (χ1v) is 6.17. The monoisotopic (exact) mass is 253 g/mol. The Morgan fingerprint density at radius 1 is 1.29 bits per heavy atom. The fourth-order valence-electron chi connectivity index (χ4n) is 1.12. The van der Waals surface area contributed by atoms with Gasteiger partial charge in [-0.25, -0.2) is 0 Å². The lowest BCUT2D eigenvalue weighted by atomic mass is 10.2. The molecule has 0 bridgehead atoms. The summed E-state index contributed by atoms with van der Waals surface area (Å²) < 4.78 is 4.48. The molecule has 0 aromatic heterocycles. The van der Waals surface area contributed by atoms with E-state index >= 15 is 0 Å². The van der Waals surface area contributed by atoms with Crippen LogP contribution in [0.5, 0.6) is 0 Å². The third-order valence-corrected chi connectivity index (χ3v) is 2.84. The lowest BCUT2D eigenvalue weighted by molar-refractivity contribution is -0.140. The molecule has 1 aromatic rings. The van der Waals surface area contributed by atoms with Gasteiger partial charge < -0.3 is 10.1 Å². The van der Waals surface area contributed by atoms with E-state index in [2.05, 4.69) is 10.1 Å². The molecule has 0 aliphatic heterocycles. The van der Waals surface area contributed by atoms with Crippen molar-refractivity contribution in [1.82, 2.24) is 0 Å². The van der Waals surface area contributed by atoms with Crippen LogP contribution >= 0.6 is 11.8 Å². The van der Waals surface area contributed by atoms with E-state index in [4.69, 9.17) is 0 Å². The van der Waals surface area contributed by atoms with Gasteiger partial charge >= 0.3 is 5.97 Å². The average Bonchev–Trinajstić information content (AvgIpc) is 2.32. The van der Waals surface area contributed by atoms with Crippen molar-refractivity contribution >= 4 is 28.7 Å². The second-order valence-corrected chi connectivity index (χ2v) is 4.52. The number of nitrogens with one attached hydrogen (secondary N) is 1. The Hall–Kier alpha value is -1.49. The molecular formula is C12H15NO3S. The zero-order valence-corrected chi connectivity index (χ0v) is 10.7. The highest BCUT2D eigenvalue weighted by Crippen LogP contribution is 2.13. The molecule has 4 nitrogen and oxygen atoms in total. The molecule has 0 spiro atoms. The number of ether oxygens (including phenoxy) is 1. The van der Waals surface area contributed by atoms with E-state index in [0.29, 0.717) is 5.75 Å². The SMILES string of the molecule is COC(=O)CCSC(=O)Nc1ccc(C)cc1. The summed E-state index contributed by atoms with van der Waals surface area (Å²) in [6.45, 7) is 1.98. The van der Waals surface area contributed by atoms with E-state index in [0.717, 1.165) is 23.0 Å². The van der Waals surface area contributed by atoms with Crippen molar-refractivity contribution in [2.24, 2.45) is 0 Å². The van der Waals surface area contributed by atoms with Gasteiger partial charge in [0.05, 0.1) is 13.5 Å². The van der Waals surface area contributed by atoms with Crippen LogP contribution in [0.3, 0.4) is 0 Å². The number of anilines is 1. The Morgan fingerprint density at radius 2 is 1.94 bits per heavy atom. The van der Waals surface area contributed by atoms with Gasteiger partial charge in [0.2, 0.25) is 0 Å². The highest BCUT2D eigenvalue weighted by atomic mass is 32.2. The topological polar surface area (TPSA) is 55.4 Å². The van der Waals surface area contributed by atoms with Crippen LogP contribution in [0.25, 0.3) is 0 Å². The normalized spacial score (nSPS) is 9.76. The quantitative estimate of drug-likeness (QED) is 0.838. The highest BCUT2D eigenvalue weighted by molar-refractivity contribution is 8.13. The number of hydrogen-bond donors (Lipinski definition) is 1. The molecule has 0 atom stereocenters. The number of thioether (sulfide) groups is 1.